The number of carbonyl (C=O) groups excluding carboxylic acids is 1. The van der Waals surface area contributed by atoms with Gasteiger partial charge in [-0.25, -0.2) is 0 Å². The third kappa shape index (κ3) is 4.09. The van der Waals surface area contributed by atoms with Gasteiger partial charge in [-0.1, -0.05) is 42.8 Å². The molecule has 2 rings (SSSR count). The largest absolute Gasteiger partial charge is 0.483 e. The summed E-state index contributed by atoms with van der Waals surface area (Å²) < 4.78 is 5.59. The molecule has 0 spiro atoms. The van der Waals surface area contributed by atoms with Gasteiger partial charge in [0.15, 0.2) is 6.61 Å². The van der Waals surface area contributed by atoms with E-state index in [1.165, 1.54) is 5.56 Å². The molecule has 3 nitrogen and oxygen atoms in total. The second-order valence-electron chi connectivity index (χ2n) is 5.12. The van der Waals surface area contributed by atoms with Crippen molar-refractivity contribution in [2.75, 3.05) is 11.9 Å². The minimum Gasteiger partial charge on any atom is -0.483 e. The van der Waals surface area contributed by atoms with Gasteiger partial charge >= 0.3 is 0 Å². The predicted molar refractivity (Wildman–Crippen MR) is 85.9 cm³/mol. The first-order valence-corrected chi connectivity index (χ1v) is 7.18. The number of nitrogens with one attached hydrogen (secondary N) is 1. The van der Waals surface area contributed by atoms with Crippen LogP contribution >= 0.6 is 0 Å². The summed E-state index contributed by atoms with van der Waals surface area (Å²) in [5, 5.41) is 2.90. The van der Waals surface area contributed by atoms with Crippen molar-refractivity contribution in [1.29, 1.82) is 0 Å². The van der Waals surface area contributed by atoms with Crippen LogP contribution in [0.15, 0.2) is 42.5 Å². The molecule has 0 aromatic heterocycles. The number of hydrogen-bond donors (Lipinski definition) is 1. The molecule has 0 saturated heterocycles. The van der Waals surface area contributed by atoms with Gasteiger partial charge in [0, 0.05) is 5.69 Å². The van der Waals surface area contributed by atoms with Gasteiger partial charge in [0.05, 0.1) is 0 Å². The molecule has 0 saturated carbocycles. The molecule has 0 heterocycles. The zero-order valence-electron chi connectivity index (χ0n) is 12.8. The van der Waals surface area contributed by atoms with Crippen LogP contribution in [0.5, 0.6) is 5.75 Å². The first-order valence-electron chi connectivity index (χ1n) is 7.18. The first-order chi connectivity index (χ1) is 10.1. The van der Waals surface area contributed by atoms with Crippen LogP contribution in [-0.2, 0) is 11.2 Å². The van der Waals surface area contributed by atoms with Gasteiger partial charge in [0.2, 0.25) is 0 Å². The number of anilines is 1. The second kappa shape index (κ2) is 6.93. The Morgan fingerprint density at radius 2 is 1.90 bits per heavy atom. The molecule has 0 atom stereocenters. The molecule has 0 aliphatic rings. The van der Waals surface area contributed by atoms with Crippen molar-refractivity contribution in [3.05, 3.63) is 59.2 Å². The van der Waals surface area contributed by atoms with Crippen molar-refractivity contribution in [1.82, 2.24) is 0 Å². The van der Waals surface area contributed by atoms with Crippen LogP contribution in [0.2, 0.25) is 0 Å². The Hall–Kier alpha value is -2.29. The minimum atomic E-state index is -0.143. The highest BCUT2D eigenvalue weighted by atomic mass is 16.5. The fourth-order valence-corrected chi connectivity index (χ4v) is 2.24. The van der Waals surface area contributed by atoms with Crippen molar-refractivity contribution in [2.45, 2.75) is 27.2 Å². The summed E-state index contributed by atoms with van der Waals surface area (Å²) in [5.74, 6) is 0.607. The fraction of sp³-hybridized carbons (Fsp3) is 0.278. The van der Waals surface area contributed by atoms with E-state index in [1.807, 2.05) is 56.3 Å². The van der Waals surface area contributed by atoms with Crippen LogP contribution in [0.4, 0.5) is 5.69 Å². The average molecular weight is 283 g/mol. The lowest BCUT2D eigenvalue weighted by Gasteiger charge is -2.12. The molecule has 0 radical (unpaired) electrons. The summed E-state index contributed by atoms with van der Waals surface area (Å²) >= 11 is 0. The minimum absolute atomic E-state index is 0.0158. The van der Waals surface area contributed by atoms with Crippen molar-refractivity contribution >= 4 is 11.6 Å². The standard InChI is InChI=1S/C18H21NO2/c1-4-15-7-5-6-8-16(15)19-18(20)12-21-17-10-9-13(2)11-14(17)3/h5-11H,4,12H2,1-3H3,(H,19,20). The summed E-state index contributed by atoms with van der Waals surface area (Å²) in [5.41, 5.74) is 4.20. The van der Waals surface area contributed by atoms with E-state index in [0.29, 0.717) is 0 Å². The van der Waals surface area contributed by atoms with E-state index in [-0.39, 0.29) is 12.5 Å². The lowest BCUT2D eigenvalue weighted by molar-refractivity contribution is -0.118. The smallest absolute Gasteiger partial charge is 0.262 e. The Morgan fingerprint density at radius 3 is 2.62 bits per heavy atom. The van der Waals surface area contributed by atoms with E-state index >= 15 is 0 Å². The highest BCUT2D eigenvalue weighted by Crippen LogP contribution is 2.19. The number of amides is 1. The molecule has 0 aliphatic carbocycles. The van der Waals surface area contributed by atoms with Gasteiger partial charge in [-0.05, 0) is 43.5 Å². The van der Waals surface area contributed by atoms with Gasteiger partial charge in [0.25, 0.3) is 5.91 Å². The molecular formula is C18H21NO2. The van der Waals surface area contributed by atoms with Crippen LogP contribution in [0, 0.1) is 13.8 Å². The van der Waals surface area contributed by atoms with Crippen LogP contribution in [0.1, 0.15) is 23.6 Å². The Bertz CT molecular complexity index is 635. The molecular weight excluding hydrogens is 262 g/mol. The van der Waals surface area contributed by atoms with Gasteiger partial charge in [-0.15, -0.1) is 0 Å². The van der Waals surface area contributed by atoms with E-state index in [1.54, 1.807) is 0 Å². The molecule has 0 aliphatic heterocycles. The number of rotatable bonds is 5. The molecule has 1 N–H and O–H groups in total. The van der Waals surface area contributed by atoms with Gasteiger partial charge < -0.3 is 10.1 Å². The highest BCUT2D eigenvalue weighted by molar-refractivity contribution is 5.92. The maximum atomic E-state index is 12.0. The fourth-order valence-electron chi connectivity index (χ4n) is 2.24. The Kier molecular flexibility index (Phi) is 4.99. The molecule has 0 fully saturated rings. The molecule has 1 amide bonds. The number of ether oxygens (including phenoxy) is 1. The average Bonchev–Trinajstić information content (AvgIpc) is 2.47. The zero-order valence-corrected chi connectivity index (χ0v) is 12.8. The Balaban J connectivity index is 1.96. The van der Waals surface area contributed by atoms with Gasteiger partial charge in [-0.2, -0.15) is 0 Å². The molecule has 2 aromatic carbocycles. The molecule has 21 heavy (non-hydrogen) atoms. The third-order valence-corrected chi connectivity index (χ3v) is 3.36. The van der Waals surface area contributed by atoms with Crippen LogP contribution in [-0.4, -0.2) is 12.5 Å². The number of benzene rings is 2. The molecule has 3 heteroatoms. The summed E-state index contributed by atoms with van der Waals surface area (Å²) in [4.78, 5) is 12.0. The van der Waals surface area contributed by atoms with Crippen LogP contribution in [0.3, 0.4) is 0 Å². The lowest BCUT2D eigenvalue weighted by atomic mass is 10.1. The topological polar surface area (TPSA) is 38.3 Å². The number of para-hydroxylation sites is 1. The monoisotopic (exact) mass is 283 g/mol. The van der Waals surface area contributed by atoms with E-state index in [9.17, 15) is 4.79 Å². The predicted octanol–water partition coefficient (Wildman–Crippen LogP) is 3.88. The number of aryl methyl sites for hydroxylation is 3. The van der Waals surface area contributed by atoms with E-state index in [4.69, 9.17) is 4.74 Å². The van der Waals surface area contributed by atoms with Crippen molar-refractivity contribution in [2.24, 2.45) is 0 Å². The summed E-state index contributed by atoms with van der Waals surface area (Å²) in [7, 11) is 0. The Labute approximate surface area is 126 Å². The van der Waals surface area contributed by atoms with Crippen molar-refractivity contribution < 1.29 is 9.53 Å². The molecule has 0 unspecified atom stereocenters. The maximum Gasteiger partial charge on any atom is 0.262 e. The van der Waals surface area contributed by atoms with Crippen LogP contribution in [0.25, 0.3) is 0 Å². The quantitative estimate of drug-likeness (QED) is 0.904. The second-order valence-corrected chi connectivity index (χ2v) is 5.12. The van der Waals surface area contributed by atoms with Gasteiger partial charge in [0.1, 0.15) is 5.75 Å². The van der Waals surface area contributed by atoms with E-state index < -0.39 is 0 Å². The first kappa shape index (κ1) is 15.1. The Morgan fingerprint density at radius 1 is 1.14 bits per heavy atom. The van der Waals surface area contributed by atoms with E-state index in [0.717, 1.165) is 29.0 Å². The lowest BCUT2D eigenvalue weighted by Crippen LogP contribution is -2.21. The van der Waals surface area contributed by atoms with Crippen molar-refractivity contribution in [3.8, 4) is 5.75 Å². The highest BCUT2D eigenvalue weighted by Gasteiger charge is 2.07. The maximum absolute atomic E-state index is 12.0. The molecule has 2 aromatic rings. The third-order valence-electron chi connectivity index (χ3n) is 3.36. The van der Waals surface area contributed by atoms with Gasteiger partial charge in [-0.3, -0.25) is 4.79 Å². The SMILES string of the molecule is CCc1ccccc1NC(=O)COc1ccc(C)cc1C. The zero-order chi connectivity index (χ0) is 15.2. The van der Waals surface area contributed by atoms with Crippen LogP contribution < -0.4 is 10.1 Å². The normalized spacial score (nSPS) is 10.2. The van der Waals surface area contributed by atoms with Crippen molar-refractivity contribution in [3.63, 3.8) is 0 Å². The summed E-state index contributed by atoms with van der Waals surface area (Å²) in [6.45, 7) is 6.09. The summed E-state index contributed by atoms with van der Waals surface area (Å²) in [6, 6.07) is 13.7. The van der Waals surface area contributed by atoms with E-state index in [2.05, 4.69) is 12.2 Å². The molecule has 0 bridgehead atoms. The number of hydrogen-bond acceptors (Lipinski definition) is 2. The molecule has 110 valence electrons. The number of carbonyl (C=O) groups is 1. The summed E-state index contributed by atoms with van der Waals surface area (Å²) in [6.07, 6.45) is 0.883.